The van der Waals surface area contributed by atoms with Crippen LogP contribution in [0.1, 0.15) is 41.9 Å². The van der Waals surface area contributed by atoms with Gasteiger partial charge in [-0.25, -0.2) is 0 Å². The monoisotopic (exact) mass is 517 g/mol. The molecule has 1 fully saturated rings. The standard InChI is InChI=1S/C29H31N3O4S/c1-6-21-10-8-9-18(3)27(21)32-19(4)15-22(20(32)5)16-25-28(34)31(29(35)37-25)17-26(33)30-23-11-13-24(14-12-23)36-7-2/h8-16H,6-7,17H2,1-5H3,(H,30,33)/b25-16-. The van der Waals surface area contributed by atoms with Gasteiger partial charge in [-0.2, -0.15) is 0 Å². The van der Waals surface area contributed by atoms with Gasteiger partial charge in [-0.05, 0) is 99.0 Å². The second kappa shape index (κ2) is 11.1. The zero-order chi connectivity index (χ0) is 26.7. The highest BCUT2D eigenvalue weighted by atomic mass is 32.2. The minimum Gasteiger partial charge on any atom is -0.494 e. The van der Waals surface area contributed by atoms with Gasteiger partial charge in [0.05, 0.1) is 17.2 Å². The van der Waals surface area contributed by atoms with Gasteiger partial charge in [0, 0.05) is 17.1 Å². The molecular weight excluding hydrogens is 486 g/mol. The first-order chi connectivity index (χ1) is 17.7. The van der Waals surface area contributed by atoms with Crippen molar-refractivity contribution in [1.29, 1.82) is 0 Å². The van der Waals surface area contributed by atoms with E-state index in [0.29, 0.717) is 22.9 Å². The van der Waals surface area contributed by atoms with Crippen LogP contribution < -0.4 is 10.1 Å². The number of para-hydroxylation sites is 1. The molecule has 0 atom stereocenters. The number of imide groups is 1. The van der Waals surface area contributed by atoms with E-state index in [1.165, 1.54) is 11.1 Å². The fourth-order valence-electron chi connectivity index (χ4n) is 4.53. The molecule has 0 spiro atoms. The van der Waals surface area contributed by atoms with Crippen molar-refractivity contribution in [2.45, 2.75) is 41.0 Å². The van der Waals surface area contributed by atoms with Gasteiger partial charge in [0.25, 0.3) is 11.1 Å². The topological polar surface area (TPSA) is 80.6 Å². The number of nitrogens with one attached hydrogen (secondary N) is 1. The van der Waals surface area contributed by atoms with Crippen LogP contribution in [0.4, 0.5) is 10.5 Å². The van der Waals surface area contributed by atoms with E-state index in [1.54, 1.807) is 30.3 Å². The molecule has 3 aromatic rings. The minimum atomic E-state index is -0.466. The van der Waals surface area contributed by atoms with Crippen LogP contribution in [-0.2, 0) is 16.0 Å². The number of anilines is 1. The zero-order valence-corrected chi connectivity index (χ0v) is 22.6. The lowest BCUT2D eigenvalue weighted by Gasteiger charge is -2.17. The van der Waals surface area contributed by atoms with Crippen LogP contribution in [0.2, 0.25) is 0 Å². The number of carbonyl (C=O) groups excluding carboxylic acids is 3. The van der Waals surface area contributed by atoms with E-state index >= 15 is 0 Å². The smallest absolute Gasteiger partial charge is 0.294 e. The Morgan fingerprint density at radius 3 is 2.46 bits per heavy atom. The molecule has 0 unspecified atom stereocenters. The normalized spacial score (nSPS) is 14.5. The molecule has 1 aliphatic heterocycles. The third kappa shape index (κ3) is 5.49. The summed E-state index contributed by atoms with van der Waals surface area (Å²) in [5.74, 6) is -0.214. The first-order valence-electron chi connectivity index (χ1n) is 12.3. The summed E-state index contributed by atoms with van der Waals surface area (Å²) in [5.41, 5.74) is 7.03. The SMILES string of the molecule is CCOc1ccc(NC(=O)CN2C(=O)S/C(=C\c3cc(C)n(-c4c(C)cccc4CC)c3C)C2=O)cc1. The number of nitrogens with zero attached hydrogens (tertiary/aromatic N) is 2. The highest BCUT2D eigenvalue weighted by Gasteiger charge is 2.36. The Bertz CT molecular complexity index is 1390. The Hall–Kier alpha value is -3.78. The number of rotatable bonds is 8. The molecular formula is C29H31N3O4S. The molecule has 3 amide bonds. The second-order valence-electron chi connectivity index (χ2n) is 8.87. The molecule has 2 aromatic carbocycles. The Balaban J connectivity index is 1.52. The minimum absolute atomic E-state index is 0.305. The van der Waals surface area contributed by atoms with Crippen LogP contribution in [0.25, 0.3) is 11.8 Å². The summed E-state index contributed by atoms with van der Waals surface area (Å²) in [5, 5.41) is 2.27. The average molecular weight is 518 g/mol. The second-order valence-corrected chi connectivity index (χ2v) is 9.86. The molecule has 7 nitrogen and oxygen atoms in total. The van der Waals surface area contributed by atoms with Crippen molar-refractivity contribution >= 4 is 40.6 Å². The van der Waals surface area contributed by atoms with Gasteiger partial charge in [-0.3, -0.25) is 19.3 Å². The lowest BCUT2D eigenvalue weighted by atomic mass is 10.1. The number of hydrogen-bond donors (Lipinski definition) is 1. The third-order valence-corrected chi connectivity index (χ3v) is 7.21. The number of carbonyl (C=O) groups is 3. The van der Waals surface area contributed by atoms with E-state index in [0.717, 1.165) is 45.7 Å². The Labute approximate surface area is 221 Å². The highest BCUT2D eigenvalue weighted by molar-refractivity contribution is 8.18. The molecule has 37 heavy (non-hydrogen) atoms. The maximum Gasteiger partial charge on any atom is 0.294 e. The van der Waals surface area contributed by atoms with Gasteiger partial charge in [-0.1, -0.05) is 25.1 Å². The van der Waals surface area contributed by atoms with Crippen molar-refractivity contribution in [1.82, 2.24) is 9.47 Å². The number of amides is 3. The van der Waals surface area contributed by atoms with Crippen LogP contribution in [-0.4, -0.2) is 39.7 Å². The van der Waals surface area contributed by atoms with Crippen LogP contribution >= 0.6 is 11.8 Å². The number of aryl methyl sites for hydroxylation is 3. The van der Waals surface area contributed by atoms with Crippen molar-refractivity contribution in [3.05, 3.63) is 81.5 Å². The fourth-order valence-corrected chi connectivity index (χ4v) is 5.35. The number of ether oxygens (including phenoxy) is 1. The Kier molecular flexibility index (Phi) is 7.88. The quantitative estimate of drug-likeness (QED) is 0.369. The van der Waals surface area contributed by atoms with Crippen molar-refractivity contribution in [2.24, 2.45) is 0 Å². The molecule has 1 aliphatic rings. The molecule has 1 N–H and O–H groups in total. The Morgan fingerprint density at radius 2 is 1.78 bits per heavy atom. The van der Waals surface area contributed by atoms with Gasteiger partial charge in [-0.15, -0.1) is 0 Å². The molecule has 4 rings (SSSR count). The number of aromatic nitrogens is 1. The van der Waals surface area contributed by atoms with E-state index in [2.05, 4.69) is 41.9 Å². The van der Waals surface area contributed by atoms with Crippen molar-refractivity contribution in [3.8, 4) is 11.4 Å². The van der Waals surface area contributed by atoms with Crippen molar-refractivity contribution in [2.75, 3.05) is 18.5 Å². The van der Waals surface area contributed by atoms with E-state index in [1.807, 2.05) is 26.8 Å². The highest BCUT2D eigenvalue weighted by Crippen LogP contribution is 2.34. The summed E-state index contributed by atoms with van der Waals surface area (Å²) >= 11 is 0.856. The molecule has 0 radical (unpaired) electrons. The van der Waals surface area contributed by atoms with Crippen LogP contribution in [0.15, 0.2) is 53.4 Å². The predicted octanol–water partition coefficient (Wildman–Crippen LogP) is 6.04. The molecule has 1 saturated heterocycles. The summed E-state index contributed by atoms with van der Waals surface area (Å²) in [7, 11) is 0. The molecule has 0 saturated carbocycles. The van der Waals surface area contributed by atoms with E-state index in [4.69, 9.17) is 4.74 Å². The van der Waals surface area contributed by atoms with Gasteiger partial charge < -0.3 is 14.6 Å². The van der Waals surface area contributed by atoms with E-state index in [9.17, 15) is 14.4 Å². The third-order valence-electron chi connectivity index (χ3n) is 6.31. The van der Waals surface area contributed by atoms with Crippen LogP contribution in [0.3, 0.4) is 0 Å². The summed E-state index contributed by atoms with van der Waals surface area (Å²) in [6, 6.07) is 15.2. The molecule has 192 valence electrons. The largest absolute Gasteiger partial charge is 0.494 e. The van der Waals surface area contributed by atoms with E-state index < -0.39 is 17.1 Å². The number of thioether (sulfide) groups is 1. The lowest BCUT2D eigenvalue weighted by Crippen LogP contribution is -2.36. The summed E-state index contributed by atoms with van der Waals surface area (Å²) in [6.45, 7) is 10.4. The predicted molar refractivity (Wildman–Crippen MR) is 148 cm³/mol. The van der Waals surface area contributed by atoms with Crippen molar-refractivity contribution < 1.29 is 19.1 Å². The summed E-state index contributed by atoms with van der Waals surface area (Å²) in [4.78, 5) is 39.5. The molecule has 8 heteroatoms. The molecule has 2 heterocycles. The Morgan fingerprint density at radius 1 is 1.05 bits per heavy atom. The molecule has 0 bridgehead atoms. The first kappa shape index (κ1) is 26.3. The van der Waals surface area contributed by atoms with Crippen molar-refractivity contribution in [3.63, 3.8) is 0 Å². The maximum absolute atomic E-state index is 13.1. The van der Waals surface area contributed by atoms with Gasteiger partial charge in [0.1, 0.15) is 12.3 Å². The first-order valence-corrected chi connectivity index (χ1v) is 13.1. The van der Waals surface area contributed by atoms with Gasteiger partial charge in [0.15, 0.2) is 0 Å². The number of benzene rings is 2. The van der Waals surface area contributed by atoms with E-state index in [-0.39, 0.29) is 6.54 Å². The summed E-state index contributed by atoms with van der Waals surface area (Å²) < 4.78 is 7.60. The zero-order valence-electron chi connectivity index (χ0n) is 21.8. The molecule has 1 aromatic heterocycles. The maximum atomic E-state index is 13.1. The van der Waals surface area contributed by atoms with Crippen LogP contribution in [0.5, 0.6) is 5.75 Å². The van der Waals surface area contributed by atoms with Gasteiger partial charge in [0.2, 0.25) is 5.91 Å². The molecule has 0 aliphatic carbocycles. The summed E-state index contributed by atoms with van der Waals surface area (Å²) in [6.07, 6.45) is 2.65. The number of hydrogen-bond acceptors (Lipinski definition) is 5. The van der Waals surface area contributed by atoms with Crippen LogP contribution in [0, 0.1) is 20.8 Å². The van der Waals surface area contributed by atoms with Gasteiger partial charge >= 0.3 is 0 Å². The fraction of sp³-hybridized carbons (Fsp3) is 0.276. The average Bonchev–Trinajstić information content (AvgIpc) is 3.29. The lowest BCUT2D eigenvalue weighted by molar-refractivity contribution is -0.127.